The number of fused-ring (bicyclic) bond motifs is 1. The number of para-hydroxylation sites is 1. The van der Waals surface area contributed by atoms with Crippen LogP contribution in [-0.2, 0) is 21.7 Å². The number of ether oxygens (including phenoxy) is 2. The lowest BCUT2D eigenvalue weighted by molar-refractivity contribution is -0.192. The molecule has 40 heavy (non-hydrogen) atoms. The third kappa shape index (κ3) is 6.31. The molecular formula is C27H22F3N3O6S. The minimum absolute atomic E-state index is 0.401. The number of nitrogens with one attached hydrogen (secondary N) is 2. The molecule has 1 aliphatic rings. The summed E-state index contributed by atoms with van der Waals surface area (Å²) in [5.41, 5.74) is 1.82. The van der Waals surface area contributed by atoms with E-state index in [1.165, 1.54) is 11.3 Å². The van der Waals surface area contributed by atoms with E-state index >= 15 is 0 Å². The smallest absolute Gasteiger partial charge is 0.489 e. The number of hydrogen-bond donors (Lipinski definition) is 3. The quantitative estimate of drug-likeness (QED) is 0.254. The third-order valence-electron chi connectivity index (χ3n) is 5.75. The van der Waals surface area contributed by atoms with Crippen molar-refractivity contribution in [1.82, 2.24) is 15.6 Å². The number of aryl methyl sites for hydroxylation is 1. The predicted molar refractivity (Wildman–Crippen MR) is 139 cm³/mol. The van der Waals surface area contributed by atoms with Crippen molar-refractivity contribution in [2.24, 2.45) is 0 Å². The number of benzene rings is 2. The normalized spacial score (nSPS) is 16.5. The van der Waals surface area contributed by atoms with E-state index in [9.17, 15) is 22.8 Å². The summed E-state index contributed by atoms with van der Waals surface area (Å²) in [7, 11) is 0. The molecule has 1 aliphatic heterocycles. The van der Waals surface area contributed by atoms with E-state index in [2.05, 4.69) is 15.6 Å². The van der Waals surface area contributed by atoms with Crippen LogP contribution in [0.3, 0.4) is 0 Å². The first-order valence-electron chi connectivity index (χ1n) is 11.6. The molecule has 0 saturated carbocycles. The zero-order chi connectivity index (χ0) is 29.1. The monoisotopic (exact) mass is 573 g/mol. The summed E-state index contributed by atoms with van der Waals surface area (Å²) in [5.74, 6) is -1.33. The van der Waals surface area contributed by atoms with Crippen molar-refractivity contribution in [3.8, 4) is 17.2 Å². The Kier molecular flexibility index (Phi) is 7.96. The average molecular weight is 574 g/mol. The Labute approximate surface area is 229 Å². The first-order chi connectivity index (χ1) is 18.9. The summed E-state index contributed by atoms with van der Waals surface area (Å²) in [6, 6.07) is 18.6. The van der Waals surface area contributed by atoms with Crippen LogP contribution in [0.5, 0.6) is 17.2 Å². The lowest BCUT2D eigenvalue weighted by atomic mass is 10.0. The van der Waals surface area contributed by atoms with Crippen LogP contribution in [0.25, 0.3) is 10.9 Å². The van der Waals surface area contributed by atoms with Crippen molar-refractivity contribution in [3.63, 3.8) is 0 Å². The van der Waals surface area contributed by atoms with Crippen LogP contribution in [-0.4, -0.2) is 34.2 Å². The van der Waals surface area contributed by atoms with Gasteiger partial charge in [-0.05, 0) is 61.7 Å². The Bertz CT molecular complexity index is 1570. The van der Waals surface area contributed by atoms with Gasteiger partial charge in [0.2, 0.25) is 0 Å². The lowest BCUT2D eigenvalue weighted by Gasteiger charge is -2.20. The van der Waals surface area contributed by atoms with Gasteiger partial charge >= 0.3 is 18.2 Å². The molecule has 13 heteroatoms. The van der Waals surface area contributed by atoms with Crippen LogP contribution in [0.15, 0.2) is 66.0 Å². The second kappa shape index (κ2) is 11.2. The zero-order valence-corrected chi connectivity index (χ0v) is 21.9. The standard InChI is InChI=1S/C25H21N3O4S.C2HF3O2/c1-15-13-16(19-5-3-4-6-20(19)26-15)14-31-17-7-9-18(10-8-17)32-21-11-12-33-22(21)25(2)23(29)27-24(30)28-25;3-2(4,5)1(6)7/h3-13H,14H2,1-2H3,(H2,27,28,29,30);(H,6,7). The minimum Gasteiger partial charge on any atom is -0.489 e. The van der Waals surface area contributed by atoms with E-state index in [1.807, 2.05) is 66.9 Å². The van der Waals surface area contributed by atoms with Crippen LogP contribution < -0.4 is 20.1 Å². The number of thiophene rings is 1. The van der Waals surface area contributed by atoms with Gasteiger partial charge < -0.3 is 19.9 Å². The van der Waals surface area contributed by atoms with E-state index in [1.54, 1.807) is 13.0 Å². The molecule has 2 aromatic carbocycles. The number of alkyl halides is 3. The third-order valence-corrected chi connectivity index (χ3v) is 6.86. The molecule has 3 N–H and O–H groups in total. The maximum Gasteiger partial charge on any atom is 0.490 e. The van der Waals surface area contributed by atoms with E-state index in [0.29, 0.717) is 28.7 Å². The summed E-state index contributed by atoms with van der Waals surface area (Å²) in [6.07, 6.45) is -5.08. The number of amides is 3. The zero-order valence-electron chi connectivity index (χ0n) is 21.0. The minimum atomic E-state index is -5.08. The van der Waals surface area contributed by atoms with Crippen molar-refractivity contribution >= 4 is 40.1 Å². The predicted octanol–water partition coefficient (Wildman–Crippen LogP) is 5.66. The van der Waals surface area contributed by atoms with Crippen molar-refractivity contribution in [1.29, 1.82) is 0 Å². The number of imide groups is 1. The number of carbonyl (C=O) groups is 3. The van der Waals surface area contributed by atoms with Gasteiger partial charge in [0.05, 0.1) is 10.4 Å². The highest BCUT2D eigenvalue weighted by Gasteiger charge is 2.46. The molecule has 0 aliphatic carbocycles. The number of pyridine rings is 1. The molecule has 9 nitrogen and oxygen atoms in total. The Morgan fingerprint density at radius 2 is 1.73 bits per heavy atom. The molecule has 1 saturated heterocycles. The number of carbonyl (C=O) groups excluding carboxylic acids is 2. The van der Waals surface area contributed by atoms with E-state index in [0.717, 1.165) is 22.2 Å². The highest BCUT2D eigenvalue weighted by atomic mass is 32.1. The number of carboxylic acids is 1. The van der Waals surface area contributed by atoms with Crippen LogP contribution in [0.2, 0.25) is 0 Å². The Morgan fingerprint density at radius 1 is 1.07 bits per heavy atom. The van der Waals surface area contributed by atoms with Crippen molar-refractivity contribution < 1.29 is 42.1 Å². The van der Waals surface area contributed by atoms with Crippen molar-refractivity contribution in [3.05, 3.63) is 82.2 Å². The van der Waals surface area contributed by atoms with Gasteiger partial charge in [-0.25, -0.2) is 9.59 Å². The van der Waals surface area contributed by atoms with Gasteiger partial charge in [-0.3, -0.25) is 15.1 Å². The molecule has 1 fully saturated rings. The summed E-state index contributed by atoms with van der Waals surface area (Å²) in [4.78, 5) is 38.0. The molecule has 3 amide bonds. The maximum atomic E-state index is 12.3. The number of aliphatic carboxylic acids is 1. The van der Waals surface area contributed by atoms with Gasteiger partial charge in [0.1, 0.15) is 23.9 Å². The number of aromatic nitrogens is 1. The topological polar surface area (TPSA) is 127 Å². The molecule has 4 aromatic rings. The van der Waals surface area contributed by atoms with E-state index in [4.69, 9.17) is 19.4 Å². The van der Waals surface area contributed by atoms with Crippen LogP contribution >= 0.6 is 11.3 Å². The van der Waals surface area contributed by atoms with E-state index in [-0.39, 0.29) is 0 Å². The fourth-order valence-electron chi connectivity index (χ4n) is 3.85. The molecule has 208 valence electrons. The fraction of sp³-hybridized carbons (Fsp3) is 0.185. The molecule has 2 aromatic heterocycles. The first-order valence-corrected chi connectivity index (χ1v) is 12.5. The van der Waals surface area contributed by atoms with Crippen molar-refractivity contribution in [2.75, 3.05) is 0 Å². The van der Waals surface area contributed by atoms with Gasteiger partial charge in [-0.1, -0.05) is 18.2 Å². The number of halogens is 3. The summed E-state index contributed by atoms with van der Waals surface area (Å²) < 4.78 is 43.8. The Hall–Kier alpha value is -4.65. The van der Waals surface area contributed by atoms with Gasteiger partial charge in [-0.15, -0.1) is 11.3 Å². The largest absolute Gasteiger partial charge is 0.490 e. The van der Waals surface area contributed by atoms with Gasteiger partial charge in [0.15, 0.2) is 5.54 Å². The van der Waals surface area contributed by atoms with E-state index < -0.39 is 29.6 Å². The Morgan fingerprint density at radius 3 is 2.35 bits per heavy atom. The molecule has 1 unspecified atom stereocenters. The lowest BCUT2D eigenvalue weighted by Crippen LogP contribution is -2.39. The second-order valence-electron chi connectivity index (χ2n) is 8.75. The highest BCUT2D eigenvalue weighted by molar-refractivity contribution is 7.10. The fourth-order valence-corrected chi connectivity index (χ4v) is 4.78. The van der Waals surface area contributed by atoms with Gasteiger partial charge in [0.25, 0.3) is 5.91 Å². The van der Waals surface area contributed by atoms with Crippen molar-refractivity contribution in [2.45, 2.75) is 32.2 Å². The summed E-state index contributed by atoms with van der Waals surface area (Å²) in [5, 5.41) is 15.0. The molecule has 3 heterocycles. The second-order valence-corrected chi connectivity index (χ2v) is 9.67. The molecule has 0 spiro atoms. The maximum absolute atomic E-state index is 12.3. The summed E-state index contributed by atoms with van der Waals surface area (Å²) in [6.45, 7) is 4.06. The first kappa shape index (κ1) is 28.4. The Balaban J connectivity index is 0.000000470. The molecule has 5 rings (SSSR count). The number of nitrogens with zero attached hydrogens (tertiary/aromatic N) is 1. The number of carboxylic acid groups (broad SMARTS) is 1. The van der Waals surface area contributed by atoms with Crippen LogP contribution in [0.1, 0.15) is 23.1 Å². The summed E-state index contributed by atoms with van der Waals surface area (Å²) >= 11 is 1.35. The molecule has 0 bridgehead atoms. The molecule has 1 atom stereocenters. The molecule has 0 radical (unpaired) electrons. The number of hydrogen-bond acceptors (Lipinski definition) is 7. The SMILES string of the molecule is Cc1cc(COc2ccc(Oc3ccsc3C3(C)NC(=O)NC3=O)cc2)c2ccccc2n1.O=C(O)C(F)(F)F. The highest BCUT2D eigenvalue weighted by Crippen LogP contribution is 2.39. The van der Waals surface area contributed by atoms with Crippen LogP contribution in [0, 0.1) is 6.92 Å². The van der Waals surface area contributed by atoms with Gasteiger partial charge in [-0.2, -0.15) is 13.2 Å². The number of rotatable bonds is 6. The van der Waals surface area contributed by atoms with Crippen LogP contribution in [0.4, 0.5) is 18.0 Å². The molecular weight excluding hydrogens is 551 g/mol. The number of urea groups is 1. The van der Waals surface area contributed by atoms with Gasteiger partial charge in [0, 0.05) is 16.6 Å². The average Bonchev–Trinajstić information content (AvgIpc) is 3.46.